The number of morpholine rings is 1. The summed E-state index contributed by atoms with van der Waals surface area (Å²) in [6.45, 7) is 2.41. The van der Waals surface area contributed by atoms with Crippen LogP contribution in [-0.2, 0) is 9.53 Å². The summed E-state index contributed by atoms with van der Waals surface area (Å²) in [6.07, 6.45) is 0. The third kappa shape index (κ3) is 3.60. The highest BCUT2D eigenvalue weighted by molar-refractivity contribution is 9.10. The Morgan fingerprint density at radius 3 is 2.89 bits per heavy atom. The molecular formula is C12H13BrClNO3. The summed E-state index contributed by atoms with van der Waals surface area (Å²) in [6, 6.07) is 5.29. The maximum absolute atomic E-state index is 11.9. The molecule has 0 saturated carbocycles. The lowest BCUT2D eigenvalue weighted by Gasteiger charge is -2.26. The van der Waals surface area contributed by atoms with Gasteiger partial charge in [-0.05, 0) is 18.2 Å². The summed E-state index contributed by atoms with van der Waals surface area (Å²) in [5.74, 6) is 0.460. The monoisotopic (exact) mass is 333 g/mol. The number of ether oxygens (including phenoxy) is 2. The van der Waals surface area contributed by atoms with Crippen LogP contribution in [0.4, 0.5) is 0 Å². The first-order valence-electron chi connectivity index (χ1n) is 5.60. The number of hydrogen-bond donors (Lipinski definition) is 0. The second-order valence-electron chi connectivity index (χ2n) is 3.86. The minimum absolute atomic E-state index is 0.00380. The summed E-state index contributed by atoms with van der Waals surface area (Å²) < 4.78 is 11.5. The molecule has 0 aromatic heterocycles. The van der Waals surface area contributed by atoms with Crippen molar-refractivity contribution >= 4 is 33.4 Å². The second-order valence-corrected chi connectivity index (χ2v) is 5.18. The quantitative estimate of drug-likeness (QED) is 0.852. The van der Waals surface area contributed by atoms with Gasteiger partial charge in [-0.1, -0.05) is 27.5 Å². The first-order valence-corrected chi connectivity index (χ1v) is 6.77. The molecule has 2 rings (SSSR count). The van der Waals surface area contributed by atoms with Crippen molar-refractivity contribution in [3.63, 3.8) is 0 Å². The van der Waals surface area contributed by atoms with Crippen LogP contribution in [0.3, 0.4) is 0 Å². The molecule has 98 valence electrons. The molecule has 0 radical (unpaired) electrons. The average Bonchev–Trinajstić information content (AvgIpc) is 2.40. The molecule has 6 heteroatoms. The molecule has 18 heavy (non-hydrogen) atoms. The van der Waals surface area contributed by atoms with Crippen molar-refractivity contribution in [1.29, 1.82) is 0 Å². The summed E-state index contributed by atoms with van der Waals surface area (Å²) in [5, 5.41) is 0.493. The smallest absolute Gasteiger partial charge is 0.260 e. The van der Waals surface area contributed by atoms with Gasteiger partial charge in [0.1, 0.15) is 5.75 Å². The number of hydrogen-bond acceptors (Lipinski definition) is 3. The average molecular weight is 335 g/mol. The summed E-state index contributed by atoms with van der Waals surface area (Å²) in [5.41, 5.74) is 0. The summed E-state index contributed by atoms with van der Waals surface area (Å²) in [7, 11) is 0. The van der Waals surface area contributed by atoms with Gasteiger partial charge in [-0.2, -0.15) is 0 Å². The molecule has 1 saturated heterocycles. The number of benzene rings is 1. The Hall–Kier alpha value is -0.780. The van der Waals surface area contributed by atoms with E-state index in [1.165, 1.54) is 0 Å². The Kier molecular flexibility index (Phi) is 4.86. The Labute approximate surface area is 119 Å². The lowest BCUT2D eigenvalue weighted by Crippen LogP contribution is -2.43. The minimum atomic E-state index is -0.0469. The number of carbonyl (C=O) groups is 1. The predicted molar refractivity (Wildman–Crippen MR) is 72.0 cm³/mol. The van der Waals surface area contributed by atoms with Gasteiger partial charge in [0.25, 0.3) is 5.91 Å². The van der Waals surface area contributed by atoms with E-state index >= 15 is 0 Å². The molecule has 0 bridgehead atoms. The molecule has 1 aliphatic rings. The standard InChI is InChI=1S/C12H13BrClNO3/c13-9-1-2-10(14)11(7-9)18-8-12(16)15-3-5-17-6-4-15/h1-2,7H,3-6,8H2. The van der Waals surface area contributed by atoms with Gasteiger partial charge < -0.3 is 14.4 Å². The van der Waals surface area contributed by atoms with E-state index in [2.05, 4.69) is 15.9 Å². The van der Waals surface area contributed by atoms with Crippen LogP contribution in [0, 0.1) is 0 Å². The fourth-order valence-corrected chi connectivity index (χ4v) is 2.14. The maximum atomic E-state index is 11.9. The first-order chi connectivity index (χ1) is 8.66. The van der Waals surface area contributed by atoms with E-state index in [9.17, 15) is 4.79 Å². The van der Waals surface area contributed by atoms with Gasteiger partial charge >= 0.3 is 0 Å². The SMILES string of the molecule is O=C(COc1cc(Br)ccc1Cl)N1CCOCC1. The predicted octanol–water partition coefficient (Wildman–Crippen LogP) is 2.34. The van der Waals surface area contributed by atoms with Crippen LogP contribution in [0.5, 0.6) is 5.75 Å². The number of nitrogens with zero attached hydrogens (tertiary/aromatic N) is 1. The van der Waals surface area contributed by atoms with E-state index in [0.29, 0.717) is 37.1 Å². The van der Waals surface area contributed by atoms with Crippen molar-refractivity contribution in [2.75, 3.05) is 32.9 Å². The van der Waals surface area contributed by atoms with Gasteiger partial charge in [0, 0.05) is 17.6 Å². The van der Waals surface area contributed by atoms with E-state index in [0.717, 1.165) is 4.47 Å². The van der Waals surface area contributed by atoms with Crippen LogP contribution < -0.4 is 4.74 Å². The molecular weight excluding hydrogens is 321 g/mol. The molecule has 1 aromatic rings. The second kappa shape index (κ2) is 6.41. The topological polar surface area (TPSA) is 38.8 Å². The molecule has 1 amide bonds. The van der Waals surface area contributed by atoms with Crippen LogP contribution in [0.15, 0.2) is 22.7 Å². The Balaban J connectivity index is 1.90. The summed E-state index contributed by atoms with van der Waals surface area (Å²) >= 11 is 9.30. The lowest BCUT2D eigenvalue weighted by molar-refractivity contribution is -0.137. The number of amides is 1. The van der Waals surface area contributed by atoms with E-state index < -0.39 is 0 Å². The van der Waals surface area contributed by atoms with Crippen molar-refractivity contribution in [1.82, 2.24) is 4.90 Å². The number of halogens is 2. The highest BCUT2D eigenvalue weighted by Crippen LogP contribution is 2.27. The largest absolute Gasteiger partial charge is 0.482 e. The molecule has 1 fully saturated rings. The third-order valence-electron chi connectivity index (χ3n) is 2.61. The molecule has 0 aliphatic carbocycles. The fraction of sp³-hybridized carbons (Fsp3) is 0.417. The zero-order valence-electron chi connectivity index (χ0n) is 9.70. The van der Waals surface area contributed by atoms with E-state index in [1.54, 1.807) is 17.0 Å². The van der Waals surface area contributed by atoms with E-state index in [1.807, 2.05) is 6.07 Å². The molecule has 1 heterocycles. The van der Waals surface area contributed by atoms with Gasteiger partial charge in [-0.15, -0.1) is 0 Å². The fourth-order valence-electron chi connectivity index (χ4n) is 1.63. The molecule has 1 aromatic carbocycles. The molecule has 0 N–H and O–H groups in total. The van der Waals surface area contributed by atoms with Crippen LogP contribution >= 0.6 is 27.5 Å². The van der Waals surface area contributed by atoms with Crippen molar-refractivity contribution < 1.29 is 14.3 Å². The lowest BCUT2D eigenvalue weighted by atomic mass is 10.3. The van der Waals surface area contributed by atoms with E-state index in [-0.39, 0.29) is 12.5 Å². The van der Waals surface area contributed by atoms with Gasteiger partial charge in [0.2, 0.25) is 0 Å². The molecule has 0 unspecified atom stereocenters. The molecule has 1 aliphatic heterocycles. The highest BCUT2D eigenvalue weighted by atomic mass is 79.9. The van der Waals surface area contributed by atoms with E-state index in [4.69, 9.17) is 21.1 Å². The zero-order valence-corrected chi connectivity index (χ0v) is 12.0. The third-order valence-corrected chi connectivity index (χ3v) is 3.41. The normalized spacial score (nSPS) is 15.6. The summed E-state index contributed by atoms with van der Waals surface area (Å²) in [4.78, 5) is 13.6. The number of rotatable bonds is 3. The molecule has 0 atom stereocenters. The highest BCUT2D eigenvalue weighted by Gasteiger charge is 2.17. The van der Waals surface area contributed by atoms with Crippen LogP contribution in [0.1, 0.15) is 0 Å². The van der Waals surface area contributed by atoms with Crippen LogP contribution in [0.2, 0.25) is 5.02 Å². The van der Waals surface area contributed by atoms with Crippen LogP contribution in [0.25, 0.3) is 0 Å². The van der Waals surface area contributed by atoms with Crippen molar-refractivity contribution in [2.24, 2.45) is 0 Å². The minimum Gasteiger partial charge on any atom is -0.482 e. The maximum Gasteiger partial charge on any atom is 0.260 e. The number of carbonyl (C=O) groups excluding carboxylic acids is 1. The molecule has 0 spiro atoms. The van der Waals surface area contributed by atoms with Crippen molar-refractivity contribution in [3.8, 4) is 5.75 Å². The zero-order chi connectivity index (χ0) is 13.0. The Morgan fingerprint density at radius 1 is 1.44 bits per heavy atom. The van der Waals surface area contributed by atoms with Crippen molar-refractivity contribution in [2.45, 2.75) is 0 Å². The Morgan fingerprint density at radius 2 is 2.17 bits per heavy atom. The molecule has 4 nitrogen and oxygen atoms in total. The van der Waals surface area contributed by atoms with Crippen LogP contribution in [-0.4, -0.2) is 43.7 Å². The van der Waals surface area contributed by atoms with Crippen molar-refractivity contribution in [3.05, 3.63) is 27.7 Å². The van der Waals surface area contributed by atoms with Gasteiger partial charge in [-0.25, -0.2) is 0 Å². The van der Waals surface area contributed by atoms with Gasteiger partial charge in [0.05, 0.1) is 18.2 Å². The Bertz CT molecular complexity index is 435. The van der Waals surface area contributed by atoms with Gasteiger partial charge in [0.15, 0.2) is 6.61 Å². The first kappa shape index (κ1) is 13.6. The van der Waals surface area contributed by atoms with Gasteiger partial charge in [-0.3, -0.25) is 4.79 Å².